The second kappa shape index (κ2) is 29.1. The Labute approximate surface area is 526 Å². The highest BCUT2D eigenvalue weighted by atomic mass is 32.7. The minimum atomic E-state index is -4.44. The molecule has 40 heteroatoms. The van der Waals surface area contributed by atoms with E-state index < -0.39 is 142 Å². The number of primary amides is 1. The molecule has 8 heterocycles. The summed E-state index contributed by atoms with van der Waals surface area (Å²) in [6.07, 6.45) is -4.55. The number of urea groups is 1. The molecule has 1 aromatic carbocycles. The molecule has 4 aliphatic rings. The molecule has 35 nitrogen and oxygen atoms in total. The summed E-state index contributed by atoms with van der Waals surface area (Å²) in [6, 6.07) is 3.19. The third-order valence-electron chi connectivity index (χ3n) is 14.6. The molecular weight excluding hydrogens is 1280 g/mol. The first-order chi connectivity index (χ1) is 43.3. The van der Waals surface area contributed by atoms with Crippen molar-refractivity contribution in [2.24, 2.45) is 17.6 Å². The van der Waals surface area contributed by atoms with E-state index in [4.69, 9.17) is 48.5 Å². The van der Waals surface area contributed by atoms with E-state index in [-0.39, 0.29) is 86.1 Å². The number of carbonyl (C=O) groups excluding carboxylic acids is 8. The van der Waals surface area contributed by atoms with Crippen LogP contribution in [0.25, 0.3) is 22.3 Å². The Morgan fingerprint density at radius 1 is 0.813 bits per heavy atom. The molecule has 9 N–H and O–H groups in total. The molecule has 0 spiro atoms. The van der Waals surface area contributed by atoms with Crippen LogP contribution in [0.15, 0.2) is 61.7 Å². The summed E-state index contributed by atoms with van der Waals surface area (Å²) >= 11 is 8.35. The molecule has 9 amide bonds. The second-order valence-corrected chi connectivity index (χ2v) is 27.1. The lowest BCUT2D eigenvalue weighted by molar-refractivity contribution is -0.137. The van der Waals surface area contributed by atoms with Gasteiger partial charge in [0.2, 0.25) is 17.7 Å². The van der Waals surface area contributed by atoms with E-state index in [1.54, 1.807) is 32.9 Å². The molecule has 0 saturated carbocycles. The van der Waals surface area contributed by atoms with Crippen LogP contribution < -0.4 is 38.1 Å². The number of alkyl halides is 1. The normalized spacial score (nSPS) is 25.6. The number of aromatic nitrogens is 8. The van der Waals surface area contributed by atoms with Crippen LogP contribution in [0, 0.1) is 11.8 Å². The maximum atomic E-state index is 16.3. The van der Waals surface area contributed by atoms with E-state index in [0.29, 0.717) is 11.3 Å². The molecule has 4 aliphatic heterocycles. The second-order valence-electron chi connectivity index (χ2n) is 21.4. The van der Waals surface area contributed by atoms with Gasteiger partial charge in [0.15, 0.2) is 40.8 Å². The number of rotatable bonds is 21. The van der Waals surface area contributed by atoms with Crippen molar-refractivity contribution < 1.29 is 88.9 Å². The van der Waals surface area contributed by atoms with E-state index in [1.165, 1.54) is 41.0 Å². The number of nitrogen functional groups attached to an aromatic ring is 1. The number of nitrogens with one attached hydrogen (secondary N) is 5. The van der Waals surface area contributed by atoms with Crippen LogP contribution in [0.2, 0.25) is 0 Å². The number of thiol groups is 2. The van der Waals surface area contributed by atoms with Crippen LogP contribution in [-0.4, -0.2) is 186 Å². The van der Waals surface area contributed by atoms with E-state index in [2.05, 4.69) is 81.0 Å². The molecule has 3 fully saturated rings. The van der Waals surface area contributed by atoms with Crippen LogP contribution in [-0.2, 0) is 76.8 Å². The zero-order valence-electron chi connectivity index (χ0n) is 48.8. The van der Waals surface area contributed by atoms with Crippen molar-refractivity contribution in [3.63, 3.8) is 0 Å². The van der Waals surface area contributed by atoms with Gasteiger partial charge in [0.1, 0.15) is 74.1 Å². The average Bonchev–Trinajstić information content (AvgIpc) is 1.63. The van der Waals surface area contributed by atoms with Gasteiger partial charge in [-0.3, -0.25) is 61.4 Å². The molecule has 0 unspecified atom stereocenters. The molecular formula is C51H64FN17O18P2S2. The van der Waals surface area contributed by atoms with Crippen molar-refractivity contribution in [2.75, 3.05) is 62.9 Å². The molecule has 3 saturated heterocycles. The zero-order valence-corrected chi connectivity index (χ0v) is 52.4. The number of fused-ring (bicyclic) bond motifs is 4. The lowest BCUT2D eigenvalue weighted by atomic mass is 10.0. The Kier molecular flexibility index (Phi) is 21.6. The minimum absolute atomic E-state index is 0.0322. The number of anilines is 3. The fourth-order valence-corrected chi connectivity index (χ4v) is 13.0. The molecule has 0 aliphatic carbocycles. The number of hydrogen-bond acceptors (Lipinski definition) is 25. The van der Waals surface area contributed by atoms with Crippen LogP contribution in [0.4, 0.5) is 36.1 Å². The fraction of sp³-hybridized carbons (Fsp3) is 0.490. The molecule has 12 atom stereocenters. The van der Waals surface area contributed by atoms with Gasteiger partial charge >= 0.3 is 31.8 Å². The first kappa shape index (κ1) is 67.5. The Balaban J connectivity index is 0.738. The summed E-state index contributed by atoms with van der Waals surface area (Å²) in [6.45, 7) is -5.64. The summed E-state index contributed by atoms with van der Waals surface area (Å²) < 4.78 is 92.7. The van der Waals surface area contributed by atoms with Gasteiger partial charge in [-0.1, -0.05) is 57.4 Å². The van der Waals surface area contributed by atoms with E-state index in [0.717, 1.165) is 34.6 Å². The molecule has 0 radical (unpaired) electrons. The van der Waals surface area contributed by atoms with Crippen molar-refractivity contribution in [3.8, 4) is 0 Å². The van der Waals surface area contributed by atoms with Crippen molar-refractivity contribution in [1.82, 2.24) is 64.8 Å². The lowest BCUT2D eigenvalue weighted by Gasteiger charge is -2.28. The number of benzene rings is 1. The van der Waals surface area contributed by atoms with Gasteiger partial charge in [-0.05, 0) is 36.5 Å². The van der Waals surface area contributed by atoms with E-state index in [9.17, 15) is 47.5 Å². The summed E-state index contributed by atoms with van der Waals surface area (Å²) in [5.74, 6) is -4.26. The number of nitrogens with two attached hydrogens (primary N) is 2. The Hall–Kier alpha value is -7.93. The van der Waals surface area contributed by atoms with Gasteiger partial charge in [-0.25, -0.2) is 57.8 Å². The highest BCUT2D eigenvalue weighted by Crippen LogP contribution is 2.61. The van der Waals surface area contributed by atoms with Crippen molar-refractivity contribution in [1.29, 1.82) is 0 Å². The van der Waals surface area contributed by atoms with E-state index in [1.807, 2.05) is 0 Å². The van der Waals surface area contributed by atoms with Gasteiger partial charge in [0, 0.05) is 50.3 Å². The molecule has 4 aromatic heterocycles. The Bertz CT molecular complexity index is 3690. The highest BCUT2D eigenvalue weighted by Gasteiger charge is 2.53. The summed E-state index contributed by atoms with van der Waals surface area (Å²) in [5, 5.41) is 12.9. The van der Waals surface area contributed by atoms with Gasteiger partial charge in [-0.15, -0.1) is 0 Å². The molecule has 490 valence electrons. The monoisotopic (exact) mass is 1350 g/mol. The van der Waals surface area contributed by atoms with Crippen molar-refractivity contribution in [3.05, 3.63) is 67.3 Å². The van der Waals surface area contributed by atoms with Crippen molar-refractivity contribution in [2.45, 2.75) is 102 Å². The highest BCUT2D eigenvalue weighted by molar-refractivity contribution is 8.44. The predicted octanol–water partition coefficient (Wildman–Crippen LogP) is 3.06. The van der Waals surface area contributed by atoms with Gasteiger partial charge in [0.25, 0.3) is 11.8 Å². The van der Waals surface area contributed by atoms with E-state index >= 15 is 4.39 Å². The van der Waals surface area contributed by atoms with Gasteiger partial charge in [0.05, 0.1) is 32.4 Å². The number of carbonyl (C=O) groups is 8. The predicted molar refractivity (Wildman–Crippen MR) is 321 cm³/mol. The van der Waals surface area contributed by atoms with Crippen LogP contribution in [0.1, 0.15) is 58.1 Å². The maximum absolute atomic E-state index is 16.3. The quantitative estimate of drug-likeness (QED) is 0.0221. The number of imidazole rings is 2. The number of likely N-dealkylation sites (N-methyl/N-ethyl adjacent to an activating group) is 1. The number of ether oxygens (including phenoxy) is 4. The molecule has 5 aromatic rings. The topological polar surface area (TPSA) is 450 Å². The fourth-order valence-electron chi connectivity index (χ4n) is 9.93. The number of hydrogen-bond donors (Lipinski definition) is 9. The zero-order chi connectivity index (χ0) is 65.5. The van der Waals surface area contributed by atoms with Crippen molar-refractivity contribution >= 4 is 125 Å². The van der Waals surface area contributed by atoms with Crippen LogP contribution >= 0.6 is 38.1 Å². The largest absolute Gasteiger partial charge is 0.447 e. The summed E-state index contributed by atoms with van der Waals surface area (Å²) in [7, 11) is 1.41. The lowest BCUT2D eigenvalue weighted by Crippen LogP contribution is -2.54. The SMILES string of the molecule is CC(C)[C@H](NC(=O)CCN1C(=O)C=CC1=O)C(=O)N[C@@H](CCCNC(N)=O)C(=O)Nc1ccc(COC(=O)N(C)CCOC(=O)Nc2ncnc3c2ncn3[C@@H]2O[C@@H]3CO[P@](=O)(S)O[C@H]4[C@@H](F)[C@H](n5cnc6c(N)ncnc65)O[C@@H]4CO[P@@](=O)(S)O[C@H]3[C@H]2C)cc1. The number of amides is 9. The van der Waals surface area contributed by atoms with Crippen LogP contribution in [0.3, 0.4) is 0 Å². The van der Waals surface area contributed by atoms with Gasteiger partial charge in [-0.2, -0.15) is 0 Å². The summed E-state index contributed by atoms with van der Waals surface area (Å²) in [4.78, 5) is 128. The first-order valence-electron chi connectivity index (χ1n) is 28.0. The maximum Gasteiger partial charge on any atom is 0.412 e. The molecule has 9 rings (SSSR count). The Morgan fingerprint density at radius 2 is 1.43 bits per heavy atom. The number of nitrogens with zero attached hydrogens (tertiary/aromatic N) is 10. The van der Waals surface area contributed by atoms with Gasteiger partial charge < -0.3 is 56.6 Å². The summed E-state index contributed by atoms with van der Waals surface area (Å²) in [5.41, 5.74) is 12.5. The molecule has 91 heavy (non-hydrogen) atoms. The third kappa shape index (κ3) is 16.6. The Morgan fingerprint density at radius 3 is 2.10 bits per heavy atom. The number of imide groups is 1. The standard InChI is InChI=1S/C51H64FN17O18P2S2/c1-25(2)36(64-32(70)13-15-67-33(71)11-12-34(67)72)46(74)63-29(6-5-14-55-49(54)75)45(73)62-28-9-7-27(8-10-28)18-81-51(77)66(4)16-17-80-50(76)65-42-38-44(59-22-57-42)68(24-61-38)47-26(3)39-30(84-47)19-82-89(79,91)87-40-31(20-83-88(78,90)86-39)85-48(35(40)52)69-23-60-37-41(53)56-21-58-43(37)69/h7-12,21-26,29-31,35-36,39-40,47-48H,5-6,13-20H2,1-4H3,(H,62,73)(H,63,74)(H,64,70)(H,78,90)(H,79,91)(H2,53,56,58)(H3,54,55,75)(H,57,59,65,76)/t26-,29+,30-,31-,35-,36+,39+,40-,47-,48-,88-,89+/m1/s1. The first-order valence-corrected chi connectivity index (χ1v) is 33.4. The minimum Gasteiger partial charge on any atom is -0.447 e. The average molecular weight is 1350 g/mol. The van der Waals surface area contributed by atoms with Crippen LogP contribution in [0.5, 0.6) is 0 Å². The third-order valence-corrected chi connectivity index (χ3v) is 17.9. The number of halogens is 1. The molecule has 0 bridgehead atoms. The smallest absolute Gasteiger partial charge is 0.412 e.